The highest BCUT2D eigenvalue weighted by Crippen LogP contribution is 2.26. The molecule has 0 radical (unpaired) electrons. The Morgan fingerprint density at radius 1 is 1.06 bits per heavy atom. The fraction of sp³-hybridized carbons (Fsp3) is 0.292. The molecule has 1 fully saturated rings. The summed E-state index contributed by atoms with van der Waals surface area (Å²) >= 11 is 6.16. The van der Waals surface area contributed by atoms with Crippen LogP contribution in [0.3, 0.4) is 0 Å². The molecule has 0 aliphatic carbocycles. The van der Waals surface area contributed by atoms with Crippen molar-refractivity contribution in [1.82, 2.24) is 10.2 Å². The summed E-state index contributed by atoms with van der Waals surface area (Å²) < 4.78 is 5.19. The summed E-state index contributed by atoms with van der Waals surface area (Å²) in [4.78, 5) is 14.8. The molecule has 1 aliphatic rings. The molecule has 1 N–H and O–H groups in total. The number of carbonyl (C=O) groups excluding carboxylic acids is 1. The van der Waals surface area contributed by atoms with Crippen LogP contribution in [0.15, 0.2) is 54.6 Å². The van der Waals surface area contributed by atoms with Crippen LogP contribution in [0.2, 0.25) is 5.02 Å². The van der Waals surface area contributed by atoms with Gasteiger partial charge in [-0.1, -0.05) is 17.7 Å². The van der Waals surface area contributed by atoms with E-state index >= 15 is 0 Å². The molecular weight excluding hydrogens is 412 g/mol. The molecule has 7 heteroatoms. The van der Waals surface area contributed by atoms with Crippen LogP contribution >= 0.6 is 11.6 Å². The highest BCUT2D eigenvalue weighted by molar-refractivity contribution is 6.31. The molecule has 2 heterocycles. The number of aromatic nitrogens is 2. The van der Waals surface area contributed by atoms with E-state index in [0.717, 1.165) is 60.0 Å². The van der Waals surface area contributed by atoms with Crippen LogP contribution in [-0.2, 0) is 4.79 Å². The first-order chi connectivity index (χ1) is 15.0. The van der Waals surface area contributed by atoms with Crippen molar-refractivity contribution in [3.8, 4) is 17.0 Å². The van der Waals surface area contributed by atoms with Crippen molar-refractivity contribution in [3.05, 3.63) is 65.2 Å². The molecule has 3 aromatic rings. The van der Waals surface area contributed by atoms with Gasteiger partial charge in [0.1, 0.15) is 5.75 Å². The lowest BCUT2D eigenvalue weighted by Gasteiger charge is -2.31. The number of hydrogen-bond acceptors (Lipinski definition) is 5. The van der Waals surface area contributed by atoms with Crippen LogP contribution in [0, 0.1) is 12.8 Å². The normalized spacial score (nSPS) is 14.4. The Hall–Kier alpha value is -3.12. The number of carbonyl (C=O) groups is 1. The summed E-state index contributed by atoms with van der Waals surface area (Å²) in [6, 6.07) is 17.3. The maximum Gasteiger partial charge on any atom is 0.227 e. The summed E-state index contributed by atoms with van der Waals surface area (Å²) in [5.74, 6) is 1.66. The number of nitrogens with zero attached hydrogens (tertiary/aromatic N) is 3. The van der Waals surface area contributed by atoms with Gasteiger partial charge in [0.15, 0.2) is 5.82 Å². The second kappa shape index (κ2) is 9.35. The number of rotatable bonds is 5. The van der Waals surface area contributed by atoms with Gasteiger partial charge in [0.2, 0.25) is 5.91 Å². The average Bonchev–Trinajstić information content (AvgIpc) is 2.82. The number of methoxy groups -OCH3 is 1. The van der Waals surface area contributed by atoms with Crippen LogP contribution in [0.5, 0.6) is 5.75 Å². The van der Waals surface area contributed by atoms with Gasteiger partial charge in [-0.2, -0.15) is 0 Å². The molecule has 31 heavy (non-hydrogen) atoms. The quantitative estimate of drug-likeness (QED) is 0.611. The smallest absolute Gasteiger partial charge is 0.227 e. The van der Waals surface area contributed by atoms with E-state index < -0.39 is 0 Å². The van der Waals surface area contributed by atoms with E-state index in [9.17, 15) is 4.79 Å². The molecule has 1 amide bonds. The van der Waals surface area contributed by atoms with E-state index in [1.54, 1.807) is 13.2 Å². The van der Waals surface area contributed by atoms with Crippen LogP contribution < -0.4 is 15.0 Å². The number of nitrogens with one attached hydrogen (secondary N) is 1. The van der Waals surface area contributed by atoms with Crippen molar-refractivity contribution >= 4 is 29.0 Å². The van der Waals surface area contributed by atoms with Gasteiger partial charge in [0, 0.05) is 35.3 Å². The van der Waals surface area contributed by atoms with Crippen molar-refractivity contribution in [2.45, 2.75) is 19.8 Å². The molecule has 0 bridgehead atoms. The molecule has 0 spiro atoms. The standard InChI is InChI=1S/C24H25ClN4O2/c1-16-3-6-19(15-21(16)25)26-24(30)18-11-13-29(14-12-18)23-10-9-22(27-28-23)17-4-7-20(31-2)8-5-17/h3-10,15,18H,11-14H2,1-2H3,(H,26,30). The van der Waals surface area contributed by atoms with Gasteiger partial charge in [0.25, 0.3) is 0 Å². The summed E-state index contributed by atoms with van der Waals surface area (Å²) in [6.07, 6.45) is 1.54. The van der Waals surface area contributed by atoms with Crippen LogP contribution in [0.25, 0.3) is 11.3 Å². The lowest BCUT2D eigenvalue weighted by Crippen LogP contribution is -2.38. The Bertz CT molecular complexity index is 1050. The number of hydrogen-bond donors (Lipinski definition) is 1. The molecule has 0 atom stereocenters. The predicted molar refractivity (Wildman–Crippen MR) is 124 cm³/mol. The monoisotopic (exact) mass is 436 g/mol. The van der Waals surface area contributed by atoms with Crippen molar-refractivity contribution in [2.24, 2.45) is 5.92 Å². The predicted octanol–water partition coefficient (Wildman–Crippen LogP) is 4.97. The Morgan fingerprint density at radius 3 is 2.42 bits per heavy atom. The largest absolute Gasteiger partial charge is 0.497 e. The van der Waals surface area contributed by atoms with Crippen LogP contribution in [0.1, 0.15) is 18.4 Å². The molecule has 1 aromatic heterocycles. The first-order valence-electron chi connectivity index (χ1n) is 10.3. The van der Waals surface area contributed by atoms with Gasteiger partial charge < -0.3 is 15.0 Å². The maximum absolute atomic E-state index is 12.6. The van der Waals surface area contributed by atoms with Gasteiger partial charge in [-0.05, 0) is 73.9 Å². The van der Waals surface area contributed by atoms with Crippen molar-refractivity contribution in [1.29, 1.82) is 0 Å². The Morgan fingerprint density at radius 2 is 1.81 bits per heavy atom. The van der Waals surface area contributed by atoms with Crippen molar-refractivity contribution in [2.75, 3.05) is 30.4 Å². The third-order valence-electron chi connectivity index (χ3n) is 5.67. The average molecular weight is 437 g/mol. The van der Waals surface area contributed by atoms with E-state index in [4.69, 9.17) is 16.3 Å². The lowest BCUT2D eigenvalue weighted by molar-refractivity contribution is -0.120. The second-order valence-electron chi connectivity index (χ2n) is 7.72. The summed E-state index contributed by atoms with van der Waals surface area (Å²) in [5.41, 5.74) is 3.54. The number of piperidine rings is 1. The van der Waals surface area contributed by atoms with Gasteiger partial charge in [-0.25, -0.2) is 0 Å². The van der Waals surface area contributed by atoms with E-state index in [0.29, 0.717) is 5.02 Å². The van der Waals surface area contributed by atoms with E-state index in [-0.39, 0.29) is 11.8 Å². The minimum atomic E-state index is -0.0251. The van der Waals surface area contributed by atoms with Crippen molar-refractivity contribution in [3.63, 3.8) is 0 Å². The van der Waals surface area contributed by atoms with Crippen molar-refractivity contribution < 1.29 is 9.53 Å². The molecular formula is C24H25ClN4O2. The summed E-state index contributed by atoms with van der Waals surface area (Å²) in [5, 5.41) is 12.4. The number of amides is 1. The van der Waals surface area contributed by atoms with Crippen LogP contribution in [-0.4, -0.2) is 36.3 Å². The lowest BCUT2D eigenvalue weighted by atomic mass is 9.95. The van der Waals surface area contributed by atoms with Gasteiger partial charge in [-0.15, -0.1) is 10.2 Å². The number of ether oxygens (including phenoxy) is 1. The topological polar surface area (TPSA) is 67.3 Å². The zero-order valence-electron chi connectivity index (χ0n) is 17.6. The minimum Gasteiger partial charge on any atom is -0.497 e. The summed E-state index contributed by atoms with van der Waals surface area (Å²) in [6.45, 7) is 3.47. The fourth-order valence-corrected chi connectivity index (χ4v) is 3.88. The maximum atomic E-state index is 12.6. The molecule has 6 nitrogen and oxygen atoms in total. The molecule has 1 aliphatic heterocycles. The third kappa shape index (κ3) is 4.97. The third-order valence-corrected chi connectivity index (χ3v) is 6.07. The molecule has 4 rings (SSSR count). The van der Waals surface area contributed by atoms with E-state index in [1.165, 1.54) is 0 Å². The zero-order chi connectivity index (χ0) is 21.8. The van der Waals surface area contributed by atoms with Gasteiger partial charge in [-0.3, -0.25) is 4.79 Å². The number of anilines is 2. The zero-order valence-corrected chi connectivity index (χ0v) is 18.4. The molecule has 2 aromatic carbocycles. The summed E-state index contributed by atoms with van der Waals surface area (Å²) in [7, 11) is 1.65. The van der Waals surface area contributed by atoms with Gasteiger partial charge in [0.05, 0.1) is 12.8 Å². The highest BCUT2D eigenvalue weighted by atomic mass is 35.5. The molecule has 160 valence electrons. The molecule has 1 saturated heterocycles. The second-order valence-corrected chi connectivity index (χ2v) is 8.13. The number of benzene rings is 2. The number of aryl methyl sites for hydroxylation is 1. The Balaban J connectivity index is 1.33. The fourth-order valence-electron chi connectivity index (χ4n) is 3.70. The van der Waals surface area contributed by atoms with Gasteiger partial charge >= 0.3 is 0 Å². The van der Waals surface area contributed by atoms with Crippen LogP contribution in [0.4, 0.5) is 11.5 Å². The number of halogens is 1. The molecule has 0 unspecified atom stereocenters. The Kier molecular flexibility index (Phi) is 6.37. The Labute approximate surface area is 187 Å². The van der Waals surface area contributed by atoms with E-state index in [2.05, 4.69) is 20.4 Å². The first kappa shape index (κ1) is 21.1. The molecule has 0 saturated carbocycles. The SMILES string of the molecule is COc1ccc(-c2ccc(N3CCC(C(=O)Nc4ccc(C)c(Cl)c4)CC3)nn2)cc1. The first-order valence-corrected chi connectivity index (χ1v) is 10.7. The van der Waals surface area contributed by atoms with E-state index in [1.807, 2.05) is 55.5 Å². The highest BCUT2D eigenvalue weighted by Gasteiger charge is 2.26. The minimum absolute atomic E-state index is 0.0251.